The summed E-state index contributed by atoms with van der Waals surface area (Å²) in [6, 6.07) is 13.3. The van der Waals surface area contributed by atoms with Crippen LogP contribution in [0.3, 0.4) is 0 Å². The lowest BCUT2D eigenvalue weighted by molar-refractivity contribution is 0.0879. The van der Waals surface area contributed by atoms with Crippen LogP contribution in [-0.4, -0.2) is 11.8 Å². The number of anilines is 1. The minimum absolute atomic E-state index is 0.0938. The monoisotopic (exact) mass is 344 g/mol. The summed E-state index contributed by atoms with van der Waals surface area (Å²) in [7, 11) is 0. The Morgan fingerprint density at radius 3 is 2.38 bits per heavy atom. The van der Waals surface area contributed by atoms with Crippen LogP contribution < -0.4 is 10.6 Å². The van der Waals surface area contributed by atoms with Crippen molar-refractivity contribution in [3.63, 3.8) is 0 Å². The molecule has 1 heterocycles. The van der Waals surface area contributed by atoms with Gasteiger partial charge in [0.15, 0.2) is 0 Å². The van der Waals surface area contributed by atoms with Crippen LogP contribution in [0.4, 0.5) is 5.69 Å². The van der Waals surface area contributed by atoms with Gasteiger partial charge >= 0.3 is 0 Å². The highest BCUT2D eigenvalue weighted by atomic mass is 79.9. The number of halogens is 1. The first kappa shape index (κ1) is 13.8. The quantitative estimate of drug-likeness (QED) is 0.837. The molecule has 0 saturated heterocycles. The van der Waals surface area contributed by atoms with Gasteiger partial charge in [-0.1, -0.05) is 28.1 Å². The average Bonchev–Trinajstić information content (AvgIpc) is 2.74. The highest BCUT2D eigenvalue weighted by Crippen LogP contribution is 2.24. The fraction of sp³-hybridized carbons (Fsp3) is 0.125. The third-order valence-corrected chi connectivity index (χ3v) is 4.02. The molecule has 21 heavy (non-hydrogen) atoms. The van der Waals surface area contributed by atoms with Crippen molar-refractivity contribution in [1.82, 2.24) is 5.32 Å². The van der Waals surface area contributed by atoms with E-state index in [-0.39, 0.29) is 17.9 Å². The molecule has 0 bridgehead atoms. The molecule has 1 aliphatic rings. The van der Waals surface area contributed by atoms with Crippen LogP contribution in [0.2, 0.25) is 0 Å². The fourth-order valence-electron chi connectivity index (χ4n) is 2.34. The Labute approximate surface area is 130 Å². The lowest BCUT2D eigenvalue weighted by Gasteiger charge is -2.16. The van der Waals surface area contributed by atoms with Gasteiger partial charge in [0.05, 0.1) is 11.1 Å². The Morgan fingerprint density at radius 1 is 1.00 bits per heavy atom. The molecule has 2 N–H and O–H groups in total. The Hall–Kier alpha value is -2.14. The maximum atomic E-state index is 11.7. The third-order valence-electron chi connectivity index (χ3n) is 3.49. The SMILES string of the molecule is CC(Nc1ccc2c(c1)C(=O)NC2=O)c1ccc(Br)cc1. The van der Waals surface area contributed by atoms with Gasteiger partial charge < -0.3 is 5.32 Å². The molecule has 0 spiro atoms. The van der Waals surface area contributed by atoms with Crippen molar-refractivity contribution in [2.75, 3.05) is 5.32 Å². The molecule has 1 atom stereocenters. The molecule has 0 aromatic heterocycles. The Morgan fingerprint density at radius 2 is 1.67 bits per heavy atom. The predicted molar refractivity (Wildman–Crippen MR) is 84.4 cm³/mol. The number of imide groups is 1. The van der Waals surface area contributed by atoms with E-state index in [1.807, 2.05) is 37.3 Å². The molecule has 0 aliphatic carbocycles. The highest BCUT2D eigenvalue weighted by Gasteiger charge is 2.26. The van der Waals surface area contributed by atoms with Crippen molar-refractivity contribution in [2.24, 2.45) is 0 Å². The molecule has 4 nitrogen and oxygen atoms in total. The molecular formula is C16H13BrN2O2. The predicted octanol–water partition coefficient (Wildman–Crippen LogP) is 3.51. The lowest BCUT2D eigenvalue weighted by atomic mass is 10.1. The summed E-state index contributed by atoms with van der Waals surface area (Å²) < 4.78 is 1.03. The lowest BCUT2D eigenvalue weighted by Crippen LogP contribution is -2.19. The van der Waals surface area contributed by atoms with Gasteiger partial charge in [-0.05, 0) is 42.8 Å². The van der Waals surface area contributed by atoms with E-state index in [0.29, 0.717) is 11.1 Å². The van der Waals surface area contributed by atoms with E-state index >= 15 is 0 Å². The fourth-order valence-corrected chi connectivity index (χ4v) is 2.61. The van der Waals surface area contributed by atoms with E-state index in [2.05, 4.69) is 26.6 Å². The van der Waals surface area contributed by atoms with Gasteiger partial charge in [-0.25, -0.2) is 0 Å². The normalized spacial score (nSPS) is 14.6. The summed E-state index contributed by atoms with van der Waals surface area (Å²) in [5.74, 6) is -0.669. The molecule has 2 aromatic rings. The van der Waals surface area contributed by atoms with Crippen LogP contribution in [0.15, 0.2) is 46.9 Å². The van der Waals surface area contributed by atoms with Gasteiger partial charge in [0.2, 0.25) is 0 Å². The first-order valence-electron chi connectivity index (χ1n) is 6.56. The molecule has 0 fully saturated rings. The number of fused-ring (bicyclic) bond motifs is 1. The molecular weight excluding hydrogens is 332 g/mol. The van der Waals surface area contributed by atoms with Crippen molar-refractivity contribution in [1.29, 1.82) is 0 Å². The number of nitrogens with one attached hydrogen (secondary N) is 2. The number of carbonyl (C=O) groups is 2. The smallest absolute Gasteiger partial charge is 0.259 e. The van der Waals surface area contributed by atoms with E-state index in [0.717, 1.165) is 15.7 Å². The molecule has 1 aliphatic heterocycles. The van der Waals surface area contributed by atoms with Gasteiger partial charge in [0.1, 0.15) is 0 Å². The van der Waals surface area contributed by atoms with Crippen LogP contribution in [-0.2, 0) is 0 Å². The topological polar surface area (TPSA) is 58.2 Å². The maximum Gasteiger partial charge on any atom is 0.259 e. The zero-order valence-corrected chi connectivity index (χ0v) is 12.9. The molecule has 106 valence electrons. The van der Waals surface area contributed by atoms with Crippen LogP contribution in [0, 0.1) is 0 Å². The van der Waals surface area contributed by atoms with Crippen molar-refractivity contribution < 1.29 is 9.59 Å². The third kappa shape index (κ3) is 2.69. The summed E-state index contributed by atoms with van der Waals surface area (Å²) in [4.78, 5) is 23.2. The van der Waals surface area contributed by atoms with Crippen molar-refractivity contribution >= 4 is 33.4 Å². The summed E-state index contributed by atoms with van der Waals surface area (Å²) >= 11 is 3.41. The second-order valence-electron chi connectivity index (χ2n) is 4.96. The summed E-state index contributed by atoms with van der Waals surface area (Å²) in [5, 5.41) is 5.63. The standard InChI is InChI=1S/C16H13BrN2O2/c1-9(10-2-4-11(17)5-3-10)18-12-6-7-13-14(8-12)16(21)19-15(13)20/h2-9,18H,1H3,(H,19,20,21). The number of carbonyl (C=O) groups excluding carboxylic acids is 2. The van der Waals surface area contributed by atoms with E-state index < -0.39 is 0 Å². The highest BCUT2D eigenvalue weighted by molar-refractivity contribution is 9.10. The number of amides is 2. The Kier molecular flexibility index (Phi) is 3.51. The van der Waals surface area contributed by atoms with E-state index in [1.54, 1.807) is 12.1 Å². The largest absolute Gasteiger partial charge is 0.379 e. The van der Waals surface area contributed by atoms with Crippen LogP contribution >= 0.6 is 15.9 Å². The average molecular weight is 345 g/mol. The molecule has 0 radical (unpaired) electrons. The van der Waals surface area contributed by atoms with Gasteiger partial charge in [0.25, 0.3) is 11.8 Å². The maximum absolute atomic E-state index is 11.7. The van der Waals surface area contributed by atoms with Gasteiger partial charge in [0, 0.05) is 16.2 Å². The van der Waals surface area contributed by atoms with Gasteiger partial charge in [-0.2, -0.15) is 0 Å². The van der Waals surface area contributed by atoms with Gasteiger partial charge in [-0.3, -0.25) is 14.9 Å². The first-order valence-corrected chi connectivity index (χ1v) is 7.35. The zero-order valence-electron chi connectivity index (χ0n) is 11.3. The summed E-state index contributed by atoms with van der Waals surface area (Å²) in [5.41, 5.74) is 2.81. The van der Waals surface area contributed by atoms with Gasteiger partial charge in [-0.15, -0.1) is 0 Å². The van der Waals surface area contributed by atoms with Crippen LogP contribution in [0.5, 0.6) is 0 Å². The summed E-state index contributed by atoms with van der Waals surface area (Å²) in [6.45, 7) is 2.04. The molecule has 2 aromatic carbocycles. The Balaban J connectivity index is 1.82. The molecule has 2 amide bonds. The molecule has 0 saturated carbocycles. The zero-order chi connectivity index (χ0) is 15.0. The molecule has 1 unspecified atom stereocenters. The second-order valence-corrected chi connectivity index (χ2v) is 5.88. The number of benzene rings is 2. The van der Waals surface area contributed by atoms with Crippen LogP contribution in [0.25, 0.3) is 0 Å². The molecule has 5 heteroatoms. The first-order chi connectivity index (χ1) is 10.0. The van der Waals surface area contributed by atoms with Crippen molar-refractivity contribution in [3.05, 3.63) is 63.6 Å². The molecule has 3 rings (SSSR count). The van der Waals surface area contributed by atoms with Crippen LogP contribution in [0.1, 0.15) is 39.2 Å². The summed E-state index contributed by atoms with van der Waals surface area (Å²) in [6.07, 6.45) is 0. The second kappa shape index (κ2) is 5.33. The van der Waals surface area contributed by atoms with Crippen molar-refractivity contribution in [3.8, 4) is 0 Å². The van der Waals surface area contributed by atoms with E-state index in [1.165, 1.54) is 0 Å². The van der Waals surface area contributed by atoms with E-state index in [9.17, 15) is 9.59 Å². The number of hydrogen-bond acceptors (Lipinski definition) is 3. The minimum Gasteiger partial charge on any atom is -0.379 e. The van der Waals surface area contributed by atoms with Crippen molar-refractivity contribution in [2.45, 2.75) is 13.0 Å². The minimum atomic E-state index is -0.338. The van der Waals surface area contributed by atoms with E-state index in [4.69, 9.17) is 0 Å². The number of rotatable bonds is 3. The Bertz CT molecular complexity index is 726. The number of hydrogen-bond donors (Lipinski definition) is 2.